The van der Waals surface area contributed by atoms with Crippen molar-refractivity contribution in [2.45, 2.75) is 39.8 Å². The van der Waals surface area contributed by atoms with Crippen LogP contribution in [0.1, 0.15) is 42.1 Å². The molecule has 186 valence electrons. The fourth-order valence-electron chi connectivity index (χ4n) is 4.37. The van der Waals surface area contributed by atoms with Crippen molar-refractivity contribution in [1.29, 1.82) is 0 Å². The molecule has 0 radical (unpaired) electrons. The molecule has 1 saturated heterocycles. The molecule has 1 fully saturated rings. The van der Waals surface area contributed by atoms with Crippen LogP contribution < -0.4 is 14.5 Å². The van der Waals surface area contributed by atoms with E-state index in [1.807, 2.05) is 83.1 Å². The Labute approximate surface area is 212 Å². The number of nitrogens with zero attached hydrogens (tertiary/aromatic N) is 2. The number of benzene rings is 3. The van der Waals surface area contributed by atoms with Gasteiger partial charge in [-0.2, -0.15) is 0 Å². The van der Waals surface area contributed by atoms with Crippen LogP contribution in [0.3, 0.4) is 0 Å². The second-order valence-corrected chi connectivity index (χ2v) is 9.61. The molecule has 1 aliphatic rings. The molecule has 0 bridgehead atoms. The van der Waals surface area contributed by atoms with Crippen LogP contribution >= 0.6 is 0 Å². The largest absolute Gasteiger partial charge is 0.507 e. The molecule has 1 N–H and O–H groups in total. The van der Waals surface area contributed by atoms with Gasteiger partial charge in [0, 0.05) is 31.0 Å². The highest BCUT2D eigenvalue weighted by Gasteiger charge is 2.47. The third kappa shape index (κ3) is 4.71. The van der Waals surface area contributed by atoms with Crippen molar-refractivity contribution < 1.29 is 19.4 Å². The van der Waals surface area contributed by atoms with E-state index in [2.05, 4.69) is 0 Å². The minimum atomic E-state index is -0.778. The lowest BCUT2D eigenvalue weighted by atomic mass is 9.94. The van der Waals surface area contributed by atoms with Crippen molar-refractivity contribution >= 4 is 28.8 Å². The minimum absolute atomic E-state index is 0.0123. The Morgan fingerprint density at radius 3 is 2.11 bits per heavy atom. The first-order valence-corrected chi connectivity index (χ1v) is 12.0. The Bertz CT molecular complexity index is 1320. The molecule has 0 aromatic heterocycles. The van der Waals surface area contributed by atoms with Crippen molar-refractivity contribution in [2.24, 2.45) is 0 Å². The maximum Gasteiger partial charge on any atom is 0.300 e. The van der Waals surface area contributed by atoms with E-state index in [-0.39, 0.29) is 17.4 Å². The van der Waals surface area contributed by atoms with Crippen LogP contribution in [0, 0.1) is 13.8 Å². The van der Waals surface area contributed by atoms with Gasteiger partial charge in [-0.1, -0.05) is 24.3 Å². The van der Waals surface area contributed by atoms with Crippen LogP contribution in [0.15, 0.2) is 72.3 Å². The van der Waals surface area contributed by atoms with Crippen LogP contribution in [0.5, 0.6) is 5.75 Å². The lowest BCUT2D eigenvalue weighted by molar-refractivity contribution is -0.132. The van der Waals surface area contributed by atoms with Gasteiger partial charge >= 0.3 is 0 Å². The van der Waals surface area contributed by atoms with Crippen molar-refractivity contribution in [3.63, 3.8) is 0 Å². The number of aliphatic hydroxyl groups is 1. The summed E-state index contributed by atoms with van der Waals surface area (Å²) in [5.41, 5.74) is 4.91. The zero-order valence-corrected chi connectivity index (χ0v) is 21.6. The molecule has 6 heteroatoms. The van der Waals surface area contributed by atoms with E-state index in [4.69, 9.17) is 4.74 Å². The lowest BCUT2D eigenvalue weighted by Gasteiger charge is -2.26. The van der Waals surface area contributed by atoms with Crippen LogP contribution in [-0.2, 0) is 9.59 Å². The van der Waals surface area contributed by atoms with Gasteiger partial charge in [0.15, 0.2) is 0 Å². The summed E-state index contributed by atoms with van der Waals surface area (Å²) < 4.78 is 5.74. The quantitative estimate of drug-likeness (QED) is 0.273. The average Bonchev–Trinajstić information content (AvgIpc) is 3.11. The van der Waals surface area contributed by atoms with E-state index in [0.717, 1.165) is 22.4 Å². The van der Waals surface area contributed by atoms with Gasteiger partial charge in [0.1, 0.15) is 11.5 Å². The topological polar surface area (TPSA) is 70.1 Å². The van der Waals surface area contributed by atoms with Gasteiger partial charge in [-0.3, -0.25) is 14.5 Å². The standard InChI is InChI=1S/C30H32N2O4/c1-18(2)36-25-15-13-24(14-16-25)32-27(21-9-11-23(12-10-21)31(5)6)26(29(34)30(32)35)28(33)22-8-7-19(3)20(4)17-22/h7-18,27,33H,1-6H3/b28-26-. The molecular formula is C30H32N2O4. The normalized spacial score (nSPS) is 17.1. The molecule has 3 aromatic carbocycles. The summed E-state index contributed by atoms with van der Waals surface area (Å²) in [6.07, 6.45) is 0.0123. The molecule has 1 aliphatic heterocycles. The Hall–Kier alpha value is -4.06. The first-order chi connectivity index (χ1) is 17.1. The number of amides is 1. The first-order valence-electron chi connectivity index (χ1n) is 12.0. The highest BCUT2D eigenvalue weighted by molar-refractivity contribution is 6.51. The van der Waals surface area contributed by atoms with E-state index in [0.29, 0.717) is 17.0 Å². The molecule has 0 spiro atoms. The number of aryl methyl sites for hydroxylation is 2. The fraction of sp³-hybridized carbons (Fsp3) is 0.267. The molecule has 36 heavy (non-hydrogen) atoms. The van der Waals surface area contributed by atoms with Gasteiger partial charge in [0.25, 0.3) is 11.7 Å². The SMILES string of the molecule is Cc1ccc(/C(O)=C2/C(=O)C(=O)N(c3ccc(OC(C)C)cc3)C2c2ccc(N(C)C)cc2)cc1C. The highest BCUT2D eigenvalue weighted by atomic mass is 16.5. The van der Waals surface area contributed by atoms with E-state index in [1.54, 1.807) is 30.3 Å². The van der Waals surface area contributed by atoms with Crippen molar-refractivity contribution in [3.05, 3.63) is 94.6 Å². The zero-order chi connectivity index (χ0) is 26.1. The summed E-state index contributed by atoms with van der Waals surface area (Å²) in [7, 11) is 3.89. The Kier molecular flexibility index (Phi) is 6.88. The van der Waals surface area contributed by atoms with Crippen molar-refractivity contribution in [3.8, 4) is 5.75 Å². The molecule has 0 saturated carbocycles. The van der Waals surface area contributed by atoms with Gasteiger partial charge in [-0.15, -0.1) is 0 Å². The van der Waals surface area contributed by atoms with Gasteiger partial charge in [-0.05, 0) is 86.8 Å². The van der Waals surface area contributed by atoms with Crippen LogP contribution in [0.25, 0.3) is 5.76 Å². The second-order valence-electron chi connectivity index (χ2n) is 9.61. The number of rotatable bonds is 6. The number of hydrogen-bond acceptors (Lipinski definition) is 5. The van der Waals surface area contributed by atoms with Gasteiger partial charge in [-0.25, -0.2) is 0 Å². The Morgan fingerprint density at radius 2 is 1.56 bits per heavy atom. The number of ether oxygens (including phenoxy) is 1. The predicted molar refractivity (Wildman–Crippen MR) is 144 cm³/mol. The van der Waals surface area contributed by atoms with Gasteiger partial charge < -0.3 is 14.7 Å². The van der Waals surface area contributed by atoms with Gasteiger partial charge in [0.05, 0.1) is 17.7 Å². The van der Waals surface area contributed by atoms with Gasteiger partial charge in [0.2, 0.25) is 0 Å². The van der Waals surface area contributed by atoms with E-state index in [9.17, 15) is 14.7 Å². The van der Waals surface area contributed by atoms with Crippen LogP contribution in [-0.4, -0.2) is 37.0 Å². The number of anilines is 2. The van der Waals surface area contributed by atoms with Crippen LogP contribution in [0.2, 0.25) is 0 Å². The molecule has 1 unspecified atom stereocenters. The Balaban J connectivity index is 1.88. The van der Waals surface area contributed by atoms with Crippen LogP contribution in [0.4, 0.5) is 11.4 Å². The molecule has 0 aliphatic carbocycles. The fourth-order valence-corrected chi connectivity index (χ4v) is 4.37. The number of hydrogen-bond donors (Lipinski definition) is 1. The first kappa shape index (κ1) is 25.0. The Morgan fingerprint density at radius 1 is 0.917 bits per heavy atom. The molecule has 3 aromatic rings. The summed E-state index contributed by atoms with van der Waals surface area (Å²) in [4.78, 5) is 30.2. The number of aliphatic hydroxyl groups excluding tert-OH is 1. The molecule has 1 heterocycles. The number of carbonyl (C=O) groups is 2. The van der Waals surface area contributed by atoms with E-state index in [1.165, 1.54) is 4.90 Å². The third-order valence-electron chi connectivity index (χ3n) is 6.44. The van der Waals surface area contributed by atoms with E-state index < -0.39 is 17.7 Å². The van der Waals surface area contributed by atoms with E-state index >= 15 is 0 Å². The summed E-state index contributed by atoms with van der Waals surface area (Å²) >= 11 is 0. The average molecular weight is 485 g/mol. The minimum Gasteiger partial charge on any atom is -0.507 e. The summed E-state index contributed by atoms with van der Waals surface area (Å²) in [6, 6.07) is 19.5. The van der Waals surface area contributed by atoms with Crippen molar-refractivity contribution in [2.75, 3.05) is 23.9 Å². The van der Waals surface area contributed by atoms with Crippen molar-refractivity contribution in [1.82, 2.24) is 0 Å². The monoisotopic (exact) mass is 484 g/mol. The number of Topliss-reactive ketones (excluding diaryl/α,β-unsaturated/α-hetero) is 1. The zero-order valence-electron chi connectivity index (χ0n) is 21.6. The second kappa shape index (κ2) is 9.90. The molecule has 4 rings (SSSR count). The number of ketones is 1. The molecule has 1 amide bonds. The molecule has 1 atom stereocenters. The maximum atomic E-state index is 13.4. The smallest absolute Gasteiger partial charge is 0.300 e. The number of carbonyl (C=O) groups excluding carboxylic acids is 2. The molecular weight excluding hydrogens is 452 g/mol. The lowest BCUT2D eigenvalue weighted by Crippen LogP contribution is -2.29. The maximum absolute atomic E-state index is 13.4. The summed E-state index contributed by atoms with van der Waals surface area (Å²) in [5.74, 6) is -0.901. The predicted octanol–water partition coefficient (Wildman–Crippen LogP) is 5.78. The highest BCUT2D eigenvalue weighted by Crippen LogP contribution is 2.43. The summed E-state index contributed by atoms with van der Waals surface area (Å²) in [5, 5.41) is 11.4. The third-order valence-corrected chi connectivity index (χ3v) is 6.44. The molecule has 6 nitrogen and oxygen atoms in total. The summed E-state index contributed by atoms with van der Waals surface area (Å²) in [6.45, 7) is 7.81.